The molecule has 0 bridgehead atoms. The van der Waals surface area contributed by atoms with Crippen LogP contribution in [0.15, 0.2) is 22.8 Å². The van der Waals surface area contributed by atoms with Gasteiger partial charge in [0.15, 0.2) is 0 Å². The molecule has 1 rings (SSSR count). The van der Waals surface area contributed by atoms with Gasteiger partial charge in [0.1, 0.15) is 5.76 Å². The second kappa shape index (κ2) is 5.80. The van der Waals surface area contributed by atoms with Gasteiger partial charge in [0.05, 0.1) is 12.8 Å². The van der Waals surface area contributed by atoms with Crippen LogP contribution in [0, 0.1) is 0 Å². The molecule has 0 radical (unpaired) electrons. The third kappa shape index (κ3) is 3.55. The SMILES string of the molecule is OCCCCNCc1ccco1. The Bertz CT molecular complexity index is 184. The fourth-order valence-electron chi connectivity index (χ4n) is 0.987. The quantitative estimate of drug-likeness (QED) is 0.628. The van der Waals surface area contributed by atoms with Crippen molar-refractivity contribution < 1.29 is 9.52 Å². The van der Waals surface area contributed by atoms with E-state index >= 15 is 0 Å². The molecule has 1 heterocycles. The Morgan fingerprint density at radius 2 is 2.33 bits per heavy atom. The standard InChI is InChI=1S/C9H15NO2/c11-6-2-1-5-10-8-9-4-3-7-12-9/h3-4,7,10-11H,1-2,5-6,8H2. The monoisotopic (exact) mass is 169 g/mol. The molecule has 0 aliphatic heterocycles. The van der Waals surface area contributed by atoms with E-state index in [1.807, 2.05) is 12.1 Å². The van der Waals surface area contributed by atoms with E-state index in [-0.39, 0.29) is 6.61 Å². The van der Waals surface area contributed by atoms with Gasteiger partial charge in [-0.05, 0) is 31.5 Å². The molecule has 0 saturated carbocycles. The molecule has 3 nitrogen and oxygen atoms in total. The van der Waals surface area contributed by atoms with Gasteiger partial charge in [-0.25, -0.2) is 0 Å². The normalized spacial score (nSPS) is 10.4. The van der Waals surface area contributed by atoms with Crippen LogP contribution in [0.3, 0.4) is 0 Å². The zero-order valence-corrected chi connectivity index (χ0v) is 7.12. The maximum absolute atomic E-state index is 8.50. The first-order valence-electron chi connectivity index (χ1n) is 4.27. The maximum Gasteiger partial charge on any atom is 0.117 e. The van der Waals surface area contributed by atoms with Crippen molar-refractivity contribution in [2.45, 2.75) is 19.4 Å². The van der Waals surface area contributed by atoms with Gasteiger partial charge in [-0.2, -0.15) is 0 Å². The molecule has 12 heavy (non-hydrogen) atoms. The van der Waals surface area contributed by atoms with Crippen molar-refractivity contribution in [2.24, 2.45) is 0 Å². The van der Waals surface area contributed by atoms with E-state index in [1.165, 1.54) is 0 Å². The highest BCUT2D eigenvalue weighted by molar-refractivity contribution is 4.97. The van der Waals surface area contributed by atoms with Crippen LogP contribution in [-0.4, -0.2) is 18.3 Å². The summed E-state index contributed by atoms with van der Waals surface area (Å²) in [7, 11) is 0. The average molecular weight is 169 g/mol. The largest absolute Gasteiger partial charge is 0.468 e. The molecular formula is C9H15NO2. The van der Waals surface area contributed by atoms with Crippen molar-refractivity contribution in [1.82, 2.24) is 5.32 Å². The number of aliphatic hydroxyl groups is 1. The van der Waals surface area contributed by atoms with Crippen LogP contribution in [-0.2, 0) is 6.54 Å². The number of aliphatic hydroxyl groups excluding tert-OH is 1. The summed E-state index contributed by atoms with van der Waals surface area (Å²) in [6.07, 6.45) is 3.55. The van der Waals surface area contributed by atoms with Gasteiger partial charge < -0.3 is 14.8 Å². The van der Waals surface area contributed by atoms with Crippen LogP contribution in [0.2, 0.25) is 0 Å². The Morgan fingerprint density at radius 3 is 3.00 bits per heavy atom. The number of unbranched alkanes of at least 4 members (excludes halogenated alkanes) is 1. The summed E-state index contributed by atoms with van der Waals surface area (Å²) in [5, 5.41) is 11.7. The van der Waals surface area contributed by atoms with E-state index < -0.39 is 0 Å². The van der Waals surface area contributed by atoms with Crippen LogP contribution in [0.25, 0.3) is 0 Å². The molecule has 0 saturated heterocycles. The molecule has 68 valence electrons. The first kappa shape index (κ1) is 9.29. The predicted molar refractivity (Wildman–Crippen MR) is 46.7 cm³/mol. The van der Waals surface area contributed by atoms with E-state index in [0.717, 1.165) is 31.7 Å². The van der Waals surface area contributed by atoms with Gasteiger partial charge in [0.2, 0.25) is 0 Å². The molecule has 2 N–H and O–H groups in total. The topological polar surface area (TPSA) is 45.4 Å². The molecule has 0 spiro atoms. The maximum atomic E-state index is 8.50. The molecule has 0 aromatic carbocycles. The van der Waals surface area contributed by atoms with Crippen LogP contribution in [0.1, 0.15) is 18.6 Å². The minimum atomic E-state index is 0.280. The summed E-state index contributed by atoms with van der Waals surface area (Å²) >= 11 is 0. The summed E-state index contributed by atoms with van der Waals surface area (Å²) < 4.78 is 5.13. The minimum absolute atomic E-state index is 0.280. The summed E-state index contributed by atoms with van der Waals surface area (Å²) in [6.45, 7) is 1.99. The highest BCUT2D eigenvalue weighted by atomic mass is 16.3. The van der Waals surface area contributed by atoms with Gasteiger partial charge in [-0.1, -0.05) is 0 Å². The minimum Gasteiger partial charge on any atom is -0.468 e. The number of hydrogen-bond donors (Lipinski definition) is 2. The molecule has 0 unspecified atom stereocenters. The third-order valence-corrected chi connectivity index (χ3v) is 1.64. The number of nitrogens with one attached hydrogen (secondary N) is 1. The second-order valence-corrected chi connectivity index (χ2v) is 2.69. The number of hydrogen-bond acceptors (Lipinski definition) is 3. The van der Waals surface area contributed by atoms with Crippen molar-refractivity contribution in [3.8, 4) is 0 Å². The summed E-state index contributed by atoms with van der Waals surface area (Å²) in [6, 6.07) is 3.82. The lowest BCUT2D eigenvalue weighted by Crippen LogP contribution is -2.14. The molecular weight excluding hydrogens is 154 g/mol. The van der Waals surface area contributed by atoms with Crippen LogP contribution >= 0.6 is 0 Å². The zero-order chi connectivity index (χ0) is 8.65. The van der Waals surface area contributed by atoms with Crippen molar-refractivity contribution >= 4 is 0 Å². The Labute approximate surface area is 72.4 Å². The van der Waals surface area contributed by atoms with Crippen molar-refractivity contribution in [3.05, 3.63) is 24.2 Å². The van der Waals surface area contributed by atoms with Gasteiger partial charge in [-0.15, -0.1) is 0 Å². The molecule has 0 fully saturated rings. The van der Waals surface area contributed by atoms with Crippen molar-refractivity contribution in [2.75, 3.05) is 13.2 Å². The smallest absolute Gasteiger partial charge is 0.117 e. The highest BCUT2D eigenvalue weighted by Crippen LogP contribution is 1.98. The van der Waals surface area contributed by atoms with E-state index in [0.29, 0.717) is 0 Å². The highest BCUT2D eigenvalue weighted by Gasteiger charge is 1.93. The summed E-state index contributed by atoms with van der Waals surface area (Å²) in [5.41, 5.74) is 0. The molecule has 0 atom stereocenters. The van der Waals surface area contributed by atoms with E-state index in [2.05, 4.69) is 5.32 Å². The fourth-order valence-corrected chi connectivity index (χ4v) is 0.987. The fraction of sp³-hybridized carbons (Fsp3) is 0.556. The van der Waals surface area contributed by atoms with Crippen LogP contribution in [0.4, 0.5) is 0 Å². The molecule has 1 aromatic heterocycles. The van der Waals surface area contributed by atoms with E-state index in [9.17, 15) is 0 Å². The summed E-state index contributed by atoms with van der Waals surface area (Å²) in [4.78, 5) is 0. The molecule has 0 amide bonds. The summed E-state index contributed by atoms with van der Waals surface area (Å²) in [5.74, 6) is 0.957. The molecule has 3 heteroatoms. The van der Waals surface area contributed by atoms with Gasteiger partial charge in [0.25, 0.3) is 0 Å². The predicted octanol–water partition coefficient (Wildman–Crippen LogP) is 1.14. The van der Waals surface area contributed by atoms with Gasteiger partial charge >= 0.3 is 0 Å². The Balaban J connectivity index is 1.96. The van der Waals surface area contributed by atoms with E-state index in [4.69, 9.17) is 9.52 Å². The third-order valence-electron chi connectivity index (χ3n) is 1.64. The molecule has 0 aliphatic rings. The van der Waals surface area contributed by atoms with Crippen molar-refractivity contribution in [1.29, 1.82) is 0 Å². The number of furan rings is 1. The molecule has 0 aliphatic carbocycles. The Kier molecular flexibility index (Phi) is 4.49. The Hall–Kier alpha value is -0.800. The van der Waals surface area contributed by atoms with E-state index in [1.54, 1.807) is 6.26 Å². The second-order valence-electron chi connectivity index (χ2n) is 2.69. The van der Waals surface area contributed by atoms with Crippen LogP contribution in [0.5, 0.6) is 0 Å². The van der Waals surface area contributed by atoms with Gasteiger partial charge in [-0.3, -0.25) is 0 Å². The van der Waals surface area contributed by atoms with Gasteiger partial charge in [0, 0.05) is 6.61 Å². The molecule has 1 aromatic rings. The zero-order valence-electron chi connectivity index (χ0n) is 7.12. The van der Waals surface area contributed by atoms with Crippen molar-refractivity contribution in [3.63, 3.8) is 0 Å². The first-order chi connectivity index (χ1) is 5.93. The number of rotatable bonds is 6. The lowest BCUT2D eigenvalue weighted by molar-refractivity contribution is 0.283. The lowest BCUT2D eigenvalue weighted by Gasteiger charge is -2.00. The average Bonchev–Trinajstić information content (AvgIpc) is 2.57. The Morgan fingerprint density at radius 1 is 1.42 bits per heavy atom. The first-order valence-corrected chi connectivity index (χ1v) is 4.27. The lowest BCUT2D eigenvalue weighted by atomic mass is 10.3. The van der Waals surface area contributed by atoms with Crippen LogP contribution < -0.4 is 5.32 Å².